The third-order valence-corrected chi connectivity index (χ3v) is 2.55. The van der Waals surface area contributed by atoms with Crippen molar-refractivity contribution in [2.75, 3.05) is 11.1 Å². The Hall–Kier alpha value is -2.28. The number of hydrogen-bond donors (Lipinski definition) is 2. The molecule has 0 radical (unpaired) electrons. The number of aryl methyl sites for hydroxylation is 1. The molecule has 3 N–H and O–H groups in total. The summed E-state index contributed by atoms with van der Waals surface area (Å²) in [5, 5.41) is 2.34. The lowest BCUT2D eigenvalue weighted by Gasteiger charge is -2.07. The average molecular weight is 299 g/mol. The fraction of sp³-hybridized carbons (Fsp3) is 0.0833. The van der Waals surface area contributed by atoms with E-state index >= 15 is 0 Å². The van der Waals surface area contributed by atoms with Crippen LogP contribution < -0.4 is 11.1 Å². The van der Waals surface area contributed by atoms with Crippen molar-refractivity contribution in [2.45, 2.75) is 6.92 Å². The van der Waals surface area contributed by atoms with Gasteiger partial charge in [0.05, 0.1) is 11.3 Å². The molecule has 5 nitrogen and oxygen atoms in total. The van der Waals surface area contributed by atoms with Crippen LogP contribution in [0.5, 0.6) is 0 Å². The number of nitrogens with one attached hydrogen (secondary N) is 1. The Morgan fingerprint density at radius 2 is 2.00 bits per heavy atom. The number of aromatic nitrogens is 2. The predicted octanol–water partition coefficient (Wildman–Crippen LogP) is 2.55. The van der Waals surface area contributed by atoms with Crippen LogP contribution in [0, 0.1) is 18.6 Å². The summed E-state index contributed by atoms with van der Waals surface area (Å²) < 4.78 is 26.8. The monoisotopic (exact) mass is 298 g/mol. The molecule has 1 aromatic carbocycles. The number of nitrogens with zero attached hydrogens (tertiary/aromatic N) is 2. The number of hydrogen-bond acceptors (Lipinski definition) is 4. The van der Waals surface area contributed by atoms with E-state index in [0.717, 1.165) is 12.1 Å². The van der Waals surface area contributed by atoms with Crippen molar-refractivity contribution < 1.29 is 13.6 Å². The number of amides is 1. The Morgan fingerprint density at radius 3 is 2.65 bits per heavy atom. The summed E-state index contributed by atoms with van der Waals surface area (Å²) in [4.78, 5) is 19.5. The van der Waals surface area contributed by atoms with Crippen LogP contribution in [0.4, 0.5) is 20.4 Å². The molecule has 104 valence electrons. The van der Waals surface area contributed by atoms with Crippen molar-refractivity contribution in [3.05, 3.63) is 46.2 Å². The van der Waals surface area contributed by atoms with Gasteiger partial charge in [0.15, 0.2) is 5.82 Å². The summed E-state index contributed by atoms with van der Waals surface area (Å²) in [6.07, 6.45) is 0. The molecule has 1 heterocycles. The number of halogens is 3. The van der Waals surface area contributed by atoms with Crippen molar-refractivity contribution in [2.24, 2.45) is 0 Å². The van der Waals surface area contributed by atoms with Gasteiger partial charge in [-0.1, -0.05) is 11.6 Å². The molecule has 0 saturated heterocycles. The van der Waals surface area contributed by atoms with Crippen LogP contribution in [-0.2, 0) is 0 Å². The lowest BCUT2D eigenvalue weighted by molar-refractivity contribution is 0.102. The van der Waals surface area contributed by atoms with E-state index < -0.39 is 28.8 Å². The molecule has 0 aliphatic rings. The number of carbonyl (C=O) groups is 1. The minimum atomic E-state index is -1.01. The van der Waals surface area contributed by atoms with Gasteiger partial charge in [-0.15, -0.1) is 0 Å². The molecule has 8 heteroatoms. The Labute approximate surface area is 117 Å². The van der Waals surface area contributed by atoms with Crippen molar-refractivity contribution in [1.29, 1.82) is 0 Å². The molecule has 2 rings (SSSR count). The molecule has 20 heavy (non-hydrogen) atoms. The molecule has 0 aliphatic heterocycles. The van der Waals surface area contributed by atoms with Gasteiger partial charge >= 0.3 is 0 Å². The van der Waals surface area contributed by atoms with E-state index in [-0.39, 0.29) is 11.1 Å². The third kappa shape index (κ3) is 3.00. The summed E-state index contributed by atoms with van der Waals surface area (Å²) in [5.41, 5.74) is 4.77. The van der Waals surface area contributed by atoms with Crippen LogP contribution >= 0.6 is 11.6 Å². The van der Waals surface area contributed by atoms with Crippen molar-refractivity contribution in [1.82, 2.24) is 9.97 Å². The largest absolute Gasteiger partial charge is 0.396 e. The molecule has 0 unspecified atom stereocenters. The summed E-state index contributed by atoms with van der Waals surface area (Å²) in [6.45, 7) is 1.64. The molecule has 0 spiro atoms. The number of benzene rings is 1. The maximum Gasteiger partial charge on any atom is 0.261 e. The average Bonchev–Trinajstić information content (AvgIpc) is 2.32. The highest BCUT2D eigenvalue weighted by Crippen LogP contribution is 2.18. The first kappa shape index (κ1) is 14.1. The zero-order valence-electron chi connectivity index (χ0n) is 10.2. The Kier molecular flexibility index (Phi) is 3.80. The van der Waals surface area contributed by atoms with Crippen molar-refractivity contribution >= 4 is 29.1 Å². The highest BCUT2D eigenvalue weighted by atomic mass is 35.5. The molecule has 2 aromatic rings. The van der Waals surface area contributed by atoms with Crippen molar-refractivity contribution in [3.63, 3.8) is 0 Å². The second-order valence-corrected chi connectivity index (χ2v) is 4.35. The van der Waals surface area contributed by atoms with Gasteiger partial charge in [-0.05, 0) is 25.1 Å². The second-order valence-electron chi connectivity index (χ2n) is 3.97. The molecule has 0 bridgehead atoms. The Morgan fingerprint density at radius 1 is 1.30 bits per heavy atom. The van der Waals surface area contributed by atoms with Gasteiger partial charge in [-0.3, -0.25) is 10.1 Å². The first-order chi connectivity index (χ1) is 9.36. The zero-order valence-corrected chi connectivity index (χ0v) is 11.0. The van der Waals surface area contributed by atoms with Crippen LogP contribution in [0.2, 0.25) is 5.15 Å². The minimum absolute atomic E-state index is 0.109. The zero-order chi connectivity index (χ0) is 14.9. The Balaban J connectivity index is 2.33. The normalized spacial score (nSPS) is 10.4. The predicted molar refractivity (Wildman–Crippen MR) is 70.5 cm³/mol. The van der Waals surface area contributed by atoms with E-state index in [9.17, 15) is 13.6 Å². The molecule has 1 aromatic heterocycles. The second kappa shape index (κ2) is 5.38. The van der Waals surface area contributed by atoms with Crippen LogP contribution in [-0.4, -0.2) is 15.9 Å². The number of nitrogens with two attached hydrogens (primary N) is 1. The van der Waals surface area contributed by atoms with E-state index in [1.807, 2.05) is 0 Å². The number of nitrogen functional groups attached to an aromatic ring is 1. The maximum absolute atomic E-state index is 13.7. The van der Waals surface area contributed by atoms with Crippen LogP contribution in [0.15, 0.2) is 18.2 Å². The van der Waals surface area contributed by atoms with Gasteiger partial charge in [-0.25, -0.2) is 18.7 Å². The van der Waals surface area contributed by atoms with E-state index in [4.69, 9.17) is 17.3 Å². The number of anilines is 2. The first-order valence-corrected chi connectivity index (χ1v) is 5.81. The first-order valence-electron chi connectivity index (χ1n) is 5.44. The van der Waals surface area contributed by atoms with Gasteiger partial charge in [0, 0.05) is 5.69 Å². The molecular formula is C12H9ClF2N4O. The smallest absolute Gasteiger partial charge is 0.261 e. The quantitative estimate of drug-likeness (QED) is 0.659. The third-order valence-electron chi connectivity index (χ3n) is 2.36. The summed E-state index contributed by atoms with van der Waals surface area (Å²) in [7, 11) is 0. The molecule has 1 amide bonds. The lowest BCUT2D eigenvalue weighted by Crippen LogP contribution is -2.17. The highest BCUT2D eigenvalue weighted by Gasteiger charge is 2.17. The number of carbonyl (C=O) groups excluding carboxylic acids is 1. The number of rotatable bonds is 2. The van der Waals surface area contributed by atoms with Crippen LogP contribution in [0.1, 0.15) is 16.1 Å². The van der Waals surface area contributed by atoms with Gasteiger partial charge < -0.3 is 5.73 Å². The van der Waals surface area contributed by atoms with E-state index in [1.54, 1.807) is 6.92 Å². The fourth-order valence-electron chi connectivity index (χ4n) is 1.53. The lowest BCUT2D eigenvalue weighted by atomic mass is 10.1. The molecular weight excluding hydrogens is 290 g/mol. The minimum Gasteiger partial charge on any atom is -0.396 e. The van der Waals surface area contributed by atoms with Gasteiger partial charge in [0.2, 0.25) is 5.95 Å². The van der Waals surface area contributed by atoms with E-state index in [0.29, 0.717) is 5.69 Å². The van der Waals surface area contributed by atoms with Gasteiger partial charge in [0.1, 0.15) is 11.0 Å². The fourth-order valence-corrected chi connectivity index (χ4v) is 1.77. The molecule has 0 aliphatic carbocycles. The van der Waals surface area contributed by atoms with Crippen molar-refractivity contribution in [3.8, 4) is 0 Å². The summed E-state index contributed by atoms with van der Waals surface area (Å²) >= 11 is 5.70. The highest BCUT2D eigenvalue weighted by molar-refractivity contribution is 6.29. The Bertz CT molecular complexity index is 673. The SMILES string of the molecule is Cc1cc(Cl)nc(NC(=O)c2cc(F)cc(N)c2F)n1. The van der Waals surface area contributed by atoms with Gasteiger partial charge in [0.25, 0.3) is 5.91 Å². The summed E-state index contributed by atoms with van der Waals surface area (Å²) in [6, 6.07) is 3.00. The molecule has 0 atom stereocenters. The van der Waals surface area contributed by atoms with Gasteiger partial charge in [-0.2, -0.15) is 0 Å². The van der Waals surface area contributed by atoms with E-state index in [1.165, 1.54) is 6.07 Å². The molecule has 0 fully saturated rings. The topological polar surface area (TPSA) is 80.9 Å². The summed E-state index contributed by atoms with van der Waals surface area (Å²) in [5.74, 6) is -2.86. The van der Waals surface area contributed by atoms with E-state index in [2.05, 4.69) is 15.3 Å². The molecule has 0 saturated carbocycles. The van der Waals surface area contributed by atoms with Crippen LogP contribution in [0.25, 0.3) is 0 Å². The standard InChI is InChI=1S/C12H9ClF2N4O/c1-5-2-9(13)18-12(17-5)19-11(20)7-3-6(14)4-8(16)10(7)15/h2-4H,16H2,1H3,(H,17,18,19,20). The van der Waals surface area contributed by atoms with Crippen LogP contribution in [0.3, 0.4) is 0 Å². The maximum atomic E-state index is 13.7.